The molecular formula is C31H25Cl2F3N4O3. The van der Waals surface area contributed by atoms with Crippen molar-refractivity contribution >= 4 is 63.0 Å². The normalized spacial score (nSPS) is 11.0. The van der Waals surface area contributed by atoms with Gasteiger partial charge in [-0.15, -0.1) is 0 Å². The number of halogens is 5. The summed E-state index contributed by atoms with van der Waals surface area (Å²) in [7, 11) is 1.98. The minimum absolute atomic E-state index is 0.0868. The summed E-state index contributed by atoms with van der Waals surface area (Å²) in [6.45, 7) is 1.99. The van der Waals surface area contributed by atoms with E-state index in [1.165, 1.54) is 0 Å². The van der Waals surface area contributed by atoms with E-state index in [1.807, 2.05) is 85.6 Å². The van der Waals surface area contributed by atoms with Crippen molar-refractivity contribution in [2.45, 2.75) is 19.5 Å². The number of aromatic nitrogens is 2. The number of pyridine rings is 1. The van der Waals surface area contributed by atoms with Crippen molar-refractivity contribution in [1.29, 1.82) is 0 Å². The predicted molar refractivity (Wildman–Crippen MR) is 163 cm³/mol. The van der Waals surface area contributed by atoms with Crippen LogP contribution >= 0.6 is 23.2 Å². The lowest BCUT2D eigenvalue weighted by atomic mass is 10.0. The number of benzene rings is 3. The first-order chi connectivity index (χ1) is 20.3. The Balaban J connectivity index is 0.000000541. The molecule has 5 rings (SSSR count). The molecule has 0 bridgehead atoms. The molecule has 0 aliphatic rings. The van der Waals surface area contributed by atoms with E-state index in [1.54, 1.807) is 18.5 Å². The number of aromatic amines is 1. The molecule has 0 saturated carbocycles. The fraction of sp³-hybridized carbons (Fsp3) is 0.129. The number of para-hydroxylation sites is 1. The van der Waals surface area contributed by atoms with E-state index in [0.29, 0.717) is 15.7 Å². The van der Waals surface area contributed by atoms with Crippen LogP contribution in [-0.2, 0) is 16.0 Å². The fourth-order valence-corrected chi connectivity index (χ4v) is 4.72. The summed E-state index contributed by atoms with van der Waals surface area (Å²) < 4.78 is 31.7. The zero-order chi connectivity index (χ0) is 31.3. The van der Waals surface area contributed by atoms with Crippen LogP contribution in [0.2, 0.25) is 10.0 Å². The first kappa shape index (κ1) is 31.4. The summed E-state index contributed by atoms with van der Waals surface area (Å²) in [4.78, 5) is 31.6. The van der Waals surface area contributed by atoms with E-state index < -0.39 is 12.1 Å². The molecule has 3 N–H and O–H groups in total. The average Bonchev–Trinajstić information content (AvgIpc) is 3.28. The molecule has 7 nitrogen and oxygen atoms in total. The minimum atomic E-state index is -5.08. The number of hydrogen-bond donors (Lipinski definition) is 3. The maximum Gasteiger partial charge on any atom is 0.490 e. The van der Waals surface area contributed by atoms with Gasteiger partial charge in [0, 0.05) is 46.8 Å². The lowest BCUT2D eigenvalue weighted by Crippen LogP contribution is -2.21. The number of rotatable bonds is 6. The van der Waals surface area contributed by atoms with Crippen LogP contribution in [0, 0.1) is 6.92 Å². The number of fused-ring (bicyclic) bond motifs is 1. The number of H-pyrrole nitrogens is 1. The molecule has 5 aromatic rings. The lowest BCUT2D eigenvalue weighted by molar-refractivity contribution is -0.192. The monoisotopic (exact) mass is 628 g/mol. The Morgan fingerprint density at radius 3 is 2.37 bits per heavy atom. The van der Waals surface area contributed by atoms with Gasteiger partial charge in [0.15, 0.2) is 0 Å². The molecule has 0 unspecified atom stereocenters. The molecule has 2 heterocycles. The van der Waals surface area contributed by atoms with Crippen molar-refractivity contribution in [1.82, 2.24) is 9.97 Å². The van der Waals surface area contributed by atoms with Gasteiger partial charge in [0.25, 0.3) is 0 Å². The van der Waals surface area contributed by atoms with Crippen LogP contribution in [0.25, 0.3) is 22.0 Å². The summed E-state index contributed by atoms with van der Waals surface area (Å²) in [6.07, 6.45) is -1.27. The van der Waals surface area contributed by atoms with Crippen molar-refractivity contribution in [3.8, 4) is 11.1 Å². The van der Waals surface area contributed by atoms with Gasteiger partial charge in [-0.05, 0) is 66.6 Å². The van der Waals surface area contributed by atoms with Crippen molar-refractivity contribution in [2.24, 2.45) is 0 Å². The van der Waals surface area contributed by atoms with E-state index in [9.17, 15) is 18.0 Å². The minimum Gasteiger partial charge on any atom is -0.475 e. The average molecular weight is 629 g/mol. The van der Waals surface area contributed by atoms with Crippen LogP contribution in [0.5, 0.6) is 0 Å². The summed E-state index contributed by atoms with van der Waals surface area (Å²) in [6, 6.07) is 23.3. The van der Waals surface area contributed by atoms with Crippen molar-refractivity contribution in [3.05, 3.63) is 106 Å². The third-order valence-electron chi connectivity index (χ3n) is 6.51. The number of nitrogens with zero attached hydrogens (tertiary/aromatic N) is 2. The Labute approximate surface area is 254 Å². The van der Waals surface area contributed by atoms with Gasteiger partial charge in [0.2, 0.25) is 5.91 Å². The lowest BCUT2D eigenvalue weighted by Gasteiger charge is -2.23. The molecule has 2 aromatic heterocycles. The summed E-state index contributed by atoms with van der Waals surface area (Å²) in [5.74, 6) is -2.84. The highest BCUT2D eigenvalue weighted by molar-refractivity contribution is 6.42. The van der Waals surface area contributed by atoms with Gasteiger partial charge in [-0.1, -0.05) is 47.5 Å². The summed E-state index contributed by atoms with van der Waals surface area (Å²) >= 11 is 12.5. The van der Waals surface area contributed by atoms with Crippen LogP contribution in [0.1, 0.15) is 11.3 Å². The Morgan fingerprint density at radius 1 is 1.00 bits per heavy atom. The number of carbonyl (C=O) groups is 2. The largest absolute Gasteiger partial charge is 0.490 e. The number of hydrogen-bond acceptors (Lipinski definition) is 4. The molecule has 12 heteroatoms. The Hall–Kier alpha value is -4.54. The Kier molecular flexibility index (Phi) is 9.63. The number of nitrogens with one attached hydrogen (secondary N) is 2. The van der Waals surface area contributed by atoms with E-state index in [-0.39, 0.29) is 12.3 Å². The molecule has 222 valence electrons. The van der Waals surface area contributed by atoms with Gasteiger partial charge < -0.3 is 20.3 Å². The van der Waals surface area contributed by atoms with Crippen LogP contribution in [-0.4, -0.2) is 40.2 Å². The summed E-state index contributed by atoms with van der Waals surface area (Å²) in [5, 5.41) is 12.2. The van der Waals surface area contributed by atoms with Crippen LogP contribution in [0.15, 0.2) is 85.2 Å². The van der Waals surface area contributed by atoms with Crippen molar-refractivity contribution in [3.63, 3.8) is 0 Å². The zero-order valence-corrected chi connectivity index (χ0v) is 24.3. The number of anilines is 3. The molecule has 0 aliphatic carbocycles. The third kappa shape index (κ3) is 7.65. The Morgan fingerprint density at radius 2 is 1.72 bits per heavy atom. The zero-order valence-electron chi connectivity index (χ0n) is 22.8. The first-order valence-corrected chi connectivity index (χ1v) is 13.5. The van der Waals surface area contributed by atoms with E-state index in [2.05, 4.69) is 15.3 Å². The van der Waals surface area contributed by atoms with Gasteiger partial charge in [-0.3, -0.25) is 9.78 Å². The smallest absolute Gasteiger partial charge is 0.475 e. The SMILES string of the molecule is Cc1[nH]c2ccccc2c1CC(=O)Nc1ccc(N(C)c2cccnc2)c(-c2ccc(Cl)c(Cl)c2)c1.O=C(O)C(F)(F)F. The molecule has 3 aromatic carbocycles. The van der Waals surface area contributed by atoms with Crippen LogP contribution in [0.4, 0.5) is 30.2 Å². The molecule has 0 saturated heterocycles. The van der Waals surface area contributed by atoms with Gasteiger partial charge >= 0.3 is 12.1 Å². The molecule has 0 radical (unpaired) electrons. The standard InChI is InChI=1S/C29H24Cl2N4O.C2HF3O2/c1-18-23(22-7-3-4-8-27(22)33-18)16-29(36)34-20-10-12-28(35(2)21-6-5-13-32-17-21)24(15-20)19-9-11-25(30)26(31)14-19;3-2(4,5)1(6)7/h3-15,17,33H,16H2,1-2H3,(H,34,36);(H,6,7). The molecule has 0 spiro atoms. The second-order valence-corrected chi connectivity index (χ2v) is 10.2. The fourth-order valence-electron chi connectivity index (χ4n) is 4.42. The highest BCUT2D eigenvalue weighted by Gasteiger charge is 2.38. The molecule has 0 atom stereocenters. The maximum atomic E-state index is 13.1. The highest BCUT2D eigenvalue weighted by Crippen LogP contribution is 2.38. The van der Waals surface area contributed by atoms with E-state index in [4.69, 9.17) is 33.1 Å². The maximum absolute atomic E-state index is 13.1. The van der Waals surface area contributed by atoms with Gasteiger partial charge in [0.05, 0.1) is 28.4 Å². The number of alkyl halides is 3. The number of aliphatic carboxylic acids is 1. The van der Waals surface area contributed by atoms with E-state index in [0.717, 1.165) is 44.7 Å². The number of carboxylic acids is 1. The molecule has 43 heavy (non-hydrogen) atoms. The quantitative estimate of drug-likeness (QED) is 0.175. The molecule has 1 amide bonds. The molecule has 0 fully saturated rings. The van der Waals surface area contributed by atoms with Crippen molar-refractivity contribution < 1.29 is 27.9 Å². The predicted octanol–water partition coefficient (Wildman–Crippen LogP) is 8.43. The van der Waals surface area contributed by atoms with E-state index >= 15 is 0 Å². The van der Waals surface area contributed by atoms with Crippen LogP contribution in [0.3, 0.4) is 0 Å². The first-order valence-electron chi connectivity index (χ1n) is 12.7. The highest BCUT2D eigenvalue weighted by atomic mass is 35.5. The Bertz CT molecular complexity index is 1780. The number of aryl methyl sites for hydroxylation is 1. The van der Waals surface area contributed by atoms with Gasteiger partial charge in [-0.25, -0.2) is 4.79 Å². The van der Waals surface area contributed by atoms with Gasteiger partial charge in [-0.2, -0.15) is 13.2 Å². The second-order valence-electron chi connectivity index (χ2n) is 9.43. The number of amides is 1. The molecular weight excluding hydrogens is 604 g/mol. The number of carboxylic acid groups (broad SMARTS) is 1. The third-order valence-corrected chi connectivity index (χ3v) is 7.25. The van der Waals surface area contributed by atoms with Crippen LogP contribution < -0.4 is 10.2 Å². The summed E-state index contributed by atoms with van der Waals surface area (Å²) in [5.41, 5.74) is 7.39. The number of carbonyl (C=O) groups excluding carboxylic acids is 1. The second kappa shape index (κ2) is 13.2. The van der Waals surface area contributed by atoms with Crippen molar-refractivity contribution in [2.75, 3.05) is 17.3 Å². The topological polar surface area (TPSA) is 98.3 Å². The molecule has 0 aliphatic heterocycles. The van der Waals surface area contributed by atoms with Gasteiger partial charge in [0.1, 0.15) is 0 Å².